The SMILES string of the molecule is CC(C)(C)C(Cn1ccnc1)NC(=O)Cc1csc(N)n1. The van der Waals surface area contributed by atoms with Gasteiger partial charge in [0.1, 0.15) is 0 Å². The van der Waals surface area contributed by atoms with Crippen molar-refractivity contribution in [2.75, 3.05) is 5.73 Å². The van der Waals surface area contributed by atoms with Crippen LogP contribution < -0.4 is 11.1 Å². The van der Waals surface area contributed by atoms with E-state index in [0.717, 1.165) is 0 Å². The summed E-state index contributed by atoms with van der Waals surface area (Å²) in [4.78, 5) is 20.3. The highest BCUT2D eigenvalue weighted by molar-refractivity contribution is 7.13. The highest BCUT2D eigenvalue weighted by Crippen LogP contribution is 2.21. The molecule has 1 unspecified atom stereocenters. The lowest BCUT2D eigenvalue weighted by Gasteiger charge is -2.31. The number of nitrogens with two attached hydrogens (primary N) is 1. The first-order valence-electron chi connectivity index (χ1n) is 6.79. The van der Waals surface area contributed by atoms with Crippen LogP contribution in [-0.4, -0.2) is 26.5 Å². The molecule has 1 atom stereocenters. The van der Waals surface area contributed by atoms with Gasteiger partial charge in [-0.2, -0.15) is 0 Å². The molecule has 114 valence electrons. The molecule has 3 N–H and O–H groups in total. The number of anilines is 1. The van der Waals surface area contributed by atoms with E-state index in [9.17, 15) is 4.79 Å². The minimum Gasteiger partial charge on any atom is -0.375 e. The first-order valence-corrected chi connectivity index (χ1v) is 7.67. The minimum absolute atomic E-state index is 0.00943. The summed E-state index contributed by atoms with van der Waals surface area (Å²) in [5, 5.41) is 5.40. The fourth-order valence-electron chi connectivity index (χ4n) is 1.96. The number of nitrogens with one attached hydrogen (secondary N) is 1. The van der Waals surface area contributed by atoms with Gasteiger partial charge >= 0.3 is 0 Å². The number of carbonyl (C=O) groups excluding carboxylic acids is 1. The van der Waals surface area contributed by atoms with Crippen molar-refractivity contribution in [3.63, 3.8) is 0 Å². The zero-order valence-corrected chi connectivity index (χ0v) is 13.4. The van der Waals surface area contributed by atoms with Gasteiger partial charge in [0.2, 0.25) is 5.91 Å². The van der Waals surface area contributed by atoms with Crippen LogP contribution in [-0.2, 0) is 17.8 Å². The Kier molecular flexibility index (Phi) is 4.62. The van der Waals surface area contributed by atoms with Crippen molar-refractivity contribution in [2.45, 2.75) is 39.8 Å². The molecule has 7 heteroatoms. The summed E-state index contributed by atoms with van der Waals surface area (Å²) in [5.74, 6) is -0.0414. The van der Waals surface area contributed by atoms with Gasteiger partial charge < -0.3 is 15.6 Å². The van der Waals surface area contributed by atoms with Crippen molar-refractivity contribution in [3.8, 4) is 0 Å². The molecule has 1 amide bonds. The summed E-state index contributed by atoms with van der Waals surface area (Å²) < 4.78 is 1.97. The van der Waals surface area contributed by atoms with Crippen LogP contribution in [0.4, 0.5) is 5.13 Å². The van der Waals surface area contributed by atoms with E-state index >= 15 is 0 Å². The molecule has 0 aliphatic carbocycles. The largest absolute Gasteiger partial charge is 0.375 e. The number of aromatic nitrogens is 3. The standard InChI is InChI=1S/C14H21N5OS/c1-14(2,3)11(7-19-5-4-16-9-19)18-12(20)6-10-8-21-13(15)17-10/h4-5,8-9,11H,6-7H2,1-3H3,(H2,15,17)(H,18,20). The molecular weight excluding hydrogens is 286 g/mol. The quantitative estimate of drug-likeness (QED) is 0.880. The molecule has 0 radical (unpaired) electrons. The van der Waals surface area contributed by atoms with Crippen molar-refractivity contribution in [2.24, 2.45) is 5.41 Å². The number of thiazole rings is 1. The highest BCUT2D eigenvalue weighted by Gasteiger charge is 2.26. The van der Waals surface area contributed by atoms with E-state index in [1.165, 1.54) is 11.3 Å². The Balaban J connectivity index is 1.99. The predicted molar refractivity (Wildman–Crippen MR) is 83.8 cm³/mol. The van der Waals surface area contributed by atoms with Crippen molar-refractivity contribution in [1.29, 1.82) is 0 Å². The van der Waals surface area contributed by atoms with Crippen LogP contribution in [0.15, 0.2) is 24.1 Å². The van der Waals surface area contributed by atoms with Crippen molar-refractivity contribution < 1.29 is 4.79 Å². The second-order valence-corrected chi connectivity index (χ2v) is 6.99. The maximum atomic E-state index is 12.2. The second-order valence-electron chi connectivity index (χ2n) is 6.10. The van der Waals surface area contributed by atoms with Gasteiger partial charge in [-0.25, -0.2) is 9.97 Å². The molecule has 0 spiro atoms. The second kappa shape index (κ2) is 6.26. The molecule has 0 bridgehead atoms. The Morgan fingerprint density at radius 1 is 1.52 bits per heavy atom. The summed E-state index contributed by atoms with van der Waals surface area (Å²) in [7, 11) is 0. The Morgan fingerprint density at radius 3 is 2.81 bits per heavy atom. The number of nitrogens with zero attached hydrogens (tertiary/aromatic N) is 3. The van der Waals surface area contributed by atoms with Crippen LogP contribution in [0.3, 0.4) is 0 Å². The molecule has 0 fully saturated rings. The van der Waals surface area contributed by atoms with Gasteiger partial charge in [0.15, 0.2) is 5.13 Å². The minimum atomic E-state index is -0.0545. The predicted octanol–water partition coefficient (Wildman–Crippen LogP) is 1.70. The Hall–Kier alpha value is -1.89. The molecule has 2 heterocycles. The van der Waals surface area contributed by atoms with E-state index < -0.39 is 0 Å². The monoisotopic (exact) mass is 307 g/mol. The van der Waals surface area contributed by atoms with E-state index in [2.05, 4.69) is 36.1 Å². The van der Waals surface area contributed by atoms with Crippen LogP contribution in [0.25, 0.3) is 0 Å². The molecule has 2 aromatic rings. The van der Waals surface area contributed by atoms with Gasteiger partial charge in [-0.15, -0.1) is 11.3 Å². The summed E-state index contributed by atoms with van der Waals surface area (Å²) >= 11 is 1.35. The number of hydrogen-bond acceptors (Lipinski definition) is 5. The zero-order valence-electron chi connectivity index (χ0n) is 12.5. The van der Waals surface area contributed by atoms with Crippen LogP contribution in [0.2, 0.25) is 0 Å². The van der Waals surface area contributed by atoms with E-state index in [1.807, 2.05) is 16.1 Å². The Morgan fingerprint density at radius 2 is 2.29 bits per heavy atom. The van der Waals surface area contributed by atoms with Gasteiger partial charge in [-0.3, -0.25) is 4.79 Å². The molecule has 0 aromatic carbocycles. The van der Waals surface area contributed by atoms with E-state index in [0.29, 0.717) is 17.4 Å². The lowest BCUT2D eigenvalue weighted by Crippen LogP contribution is -2.46. The number of amides is 1. The molecular formula is C14H21N5OS. The third kappa shape index (κ3) is 4.56. The van der Waals surface area contributed by atoms with Crippen LogP contribution in [0.1, 0.15) is 26.5 Å². The number of hydrogen-bond donors (Lipinski definition) is 2. The number of rotatable bonds is 5. The average molecular weight is 307 g/mol. The van der Waals surface area contributed by atoms with Gasteiger partial charge in [-0.05, 0) is 5.41 Å². The summed E-state index contributed by atoms with van der Waals surface area (Å²) in [6.45, 7) is 7.01. The molecule has 0 aliphatic heterocycles. The van der Waals surface area contributed by atoms with Crippen molar-refractivity contribution in [3.05, 3.63) is 29.8 Å². The number of carbonyl (C=O) groups is 1. The molecule has 0 saturated heterocycles. The lowest BCUT2D eigenvalue weighted by molar-refractivity contribution is -0.122. The van der Waals surface area contributed by atoms with Gasteiger partial charge in [0, 0.05) is 24.3 Å². The summed E-state index contributed by atoms with van der Waals surface area (Å²) in [6.07, 6.45) is 5.64. The fourth-order valence-corrected chi connectivity index (χ4v) is 2.52. The molecule has 0 aliphatic rings. The summed E-state index contributed by atoms with van der Waals surface area (Å²) in [6, 6.07) is 0.00943. The normalized spacial score (nSPS) is 13.1. The van der Waals surface area contributed by atoms with Gasteiger partial charge in [-0.1, -0.05) is 20.8 Å². The molecule has 21 heavy (non-hydrogen) atoms. The summed E-state index contributed by atoms with van der Waals surface area (Å²) in [5.41, 5.74) is 6.24. The molecule has 2 aromatic heterocycles. The average Bonchev–Trinajstić information content (AvgIpc) is 2.99. The Bertz CT molecular complexity index is 585. The topological polar surface area (TPSA) is 85.8 Å². The molecule has 0 saturated carbocycles. The fraction of sp³-hybridized carbons (Fsp3) is 0.500. The smallest absolute Gasteiger partial charge is 0.226 e. The van der Waals surface area contributed by atoms with E-state index in [4.69, 9.17) is 5.73 Å². The molecule has 6 nitrogen and oxygen atoms in total. The van der Waals surface area contributed by atoms with Crippen molar-refractivity contribution >= 4 is 22.4 Å². The maximum absolute atomic E-state index is 12.2. The van der Waals surface area contributed by atoms with Crippen LogP contribution in [0, 0.1) is 5.41 Å². The zero-order chi connectivity index (χ0) is 15.5. The molecule has 2 rings (SSSR count). The first-order chi connectivity index (χ1) is 9.84. The maximum Gasteiger partial charge on any atom is 0.226 e. The highest BCUT2D eigenvalue weighted by atomic mass is 32.1. The first kappa shape index (κ1) is 15.5. The lowest BCUT2D eigenvalue weighted by atomic mass is 9.86. The Labute approximate surface area is 128 Å². The number of imidazole rings is 1. The van der Waals surface area contributed by atoms with E-state index in [1.54, 1.807) is 12.5 Å². The van der Waals surface area contributed by atoms with Crippen LogP contribution in [0.5, 0.6) is 0 Å². The van der Waals surface area contributed by atoms with Crippen molar-refractivity contribution in [1.82, 2.24) is 19.9 Å². The van der Waals surface area contributed by atoms with E-state index in [-0.39, 0.29) is 23.8 Å². The van der Waals surface area contributed by atoms with Gasteiger partial charge in [0.05, 0.1) is 24.5 Å². The third-order valence-electron chi connectivity index (χ3n) is 3.24. The number of nitrogen functional groups attached to an aromatic ring is 1. The van der Waals surface area contributed by atoms with Gasteiger partial charge in [0.25, 0.3) is 0 Å². The van der Waals surface area contributed by atoms with Crippen LogP contribution >= 0.6 is 11.3 Å². The third-order valence-corrected chi connectivity index (χ3v) is 3.97.